The Morgan fingerprint density at radius 3 is 2.58 bits per heavy atom. The van der Waals surface area contributed by atoms with E-state index in [1.54, 1.807) is 0 Å². The Morgan fingerprint density at radius 2 is 2.05 bits per heavy atom. The first-order valence-corrected chi connectivity index (χ1v) is 6.24. The van der Waals surface area contributed by atoms with Gasteiger partial charge in [-0.1, -0.05) is 17.7 Å². The van der Waals surface area contributed by atoms with Crippen molar-refractivity contribution in [1.29, 1.82) is 0 Å². The van der Waals surface area contributed by atoms with E-state index in [4.69, 9.17) is 17.3 Å². The molecule has 0 saturated carbocycles. The third-order valence-electron chi connectivity index (χ3n) is 2.38. The molecule has 0 amide bonds. The van der Waals surface area contributed by atoms with Crippen molar-refractivity contribution in [2.24, 2.45) is 0 Å². The number of hydrogen-bond donors (Lipinski definition) is 2. The second-order valence-electron chi connectivity index (χ2n) is 3.74. The lowest BCUT2D eigenvalue weighted by molar-refractivity contribution is -0.137. The van der Waals surface area contributed by atoms with Crippen LogP contribution < -0.4 is 5.73 Å². The fraction of sp³-hybridized carbons (Fsp3) is 0.182. The van der Waals surface area contributed by atoms with Crippen LogP contribution in [0, 0.1) is 0 Å². The highest BCUT2D eigenvalue weighted by Gasteiger charge is 2.35. The molecule has 3 N–H and O–H groups in total. The second kappa shape index (κ2) is 4.99. The molecule has 8 heteroatoms. The molecule has 3 nitrogen and oxygen atoms in total. The number of aliphatic hydroxyl groups excluding tert-OH is 1. The molecule has 0 saturated heterocycles. The van der Waals surface area contributed by atoms with Gasteiger partial charge in [-0.05, 0) is 12.1 Å². The van der Waals surface area contributed by atoms with Crippen LogP contribution in [0.4, 0.5) is 18.9 Å². The predicted octanol–water partition coefficient (Wildman–Crippen LogP) is 3.48. The summed E-state index contributed by atoms with van der Waals surface area (Å²) in [6.45, 7) is 0. The minimum Gasteiger partial charge on any atom is -0.398 e. The van der Waals surface area contributed by atoms with Crippen LogP contribution in [0.25, 0.3) is 0 Å². The Hall–Kier alpha value is -1.31. The van der Waals surface area contributed by atoms with Crippen LogP contribution in [0.1, 0.15) is 21.6 Å². The Bertz CT molecular complexity index is 600. The van der Waals surface area contributed by atoms with Gasteiger partial charge in [0, 0.05) is 22.5 Å². The molecule has 102 valence electrons. The van der Waals surface area contributed by atoms with Crippen molar-refractivity contribution in [2.45, 2.75) is 12.3 Å². The summed E-state index contributed by atoms with van der Waals surface area (Å²) in [4.78, 5) is 3.32. The van der Waals surface area contributed by atoms with Crippen LogP contribution in [0.2, 0.25) is 5.02 Å². The molecule has 0 radical (unpaired) electrons. The molecule has 2 rings (SSSR count). The summed E-state index contributed by atoms with van der Waals surface area (Å²) in [6.07, 6.45) is -4.79. The van der Waals surface area contributed by atoms with Crippen LogP contribution in [0.15, 0.2) is 24.4 Å². The van der Waals surface area contributed by atoms with E-state index in [1.807, 2.05) is 0 Å². The van der Waals surface area contributed by atoms with E-state index in [1.165, 1.54) is 18.2 Å². The number of benzene rings is 1. The molecule has 1 aromatic heterocycles. The first-order valence-electron chi connectivity index (χ1n) is 5.05. The van der Waals surface area contributed by atoms with E-state index in [-0.39, 0.29) is 10.6 Å². The minimum absolute atomic E-state index is 0.0707. The van der Waals surface area contributed by atoms with Crippen molar-refractivity contribution in [3.8, 4) is 0 Å². The van der Waals surface area contributed by atoms with Crippen molar-refractivity contribution in [3.63, 3.8) is 0 Å². The van der Waals surface area contributed by atoms with Gasteiger partial charge in [0.25, 0.3) is 0 Å². The van der Waals surface area contributed by atoms with Crippen LogP contribution in [-0.2, 0) is 6.18 Å². The van der Waals surface area contributed by atoms with Gasteiger partial charge in [0.15, 0.2) is 5.01 Å². The fourth-order valence-corrected chi connectivity index (χ4v) is 2.46. The number of aliphatic hydroxyl groups is 1. The zero-order valence-electron chi connectivity index (χ0n) is 9.28. The molecule has 1 aromatic carbocycles. The summed E-state index contributed by atoms with van der Waals surface area (Å²) < 4.78 is 37.3. The third-order valence-corrected chi connectivity index (χ3v) is 3.71. The van der Waals surface area contributed by atoms with Crippen LogP contribution in [0.5, 0.6) is 0 Å². The number of halogens is 4. The van der Waals surface area contributed by atoms with E-state index < -0.39 is 17.3 Å². The molecule has 0 spiro atoms. The third kappa shape index (κ3) is 2.99. The standard InChI is InChI=1S/C11H8ClF3N2OS/c12-5-1-2-6(7(16)3-5)9(18)8-4-17-10(19-8)11(13,14)15/h1-4,9,18H,16H2. The lowest BCUT2D eigenvalue weighted by Gasteiger charge is -2.11. The summed E-state index contributed by atoms with van der Waals surface area (Å²) in [6, 6.07) is 4.39. The maximum absolute atomic E-state index is 12.4. The van der Waals surface area contributed by atoms with E-state index in [0.29, 0.717) is 21.9 Å². The smallest absolute Gasteiger partial charge is 0.398 e. The van der Waals surface area contributed by atoms with Crippen LogP contribution in [0.3, 0.4) is 0 Å². The van der Waals surface area contributed by atoms with Crippen LogP contribution >= 0.6 is 22.9 Å². The maximum atomic E-state index is 12.4. The summed E-state index contributed by atoms with van der Waals surface area (Å²) in [5.74, 6) is 0. The van der Waals surface area contributed by atoms with E-state index in [0.717, 1.165) is 6.20 Å². The monoisotopic (exact) mass is 308 g/mol. The van der Waals surface area contributed by atoms with Gasteiger partial charge in [0.05, 0.1) is 4.88 Å². The number of aromatic nitrogens is 1. The highest BCUT2D eigenvalue weighted by Crippen LogP contribution is 2.37. The van der Waals surface area contributed by atoms with Crippen molar-refractivity contribution in [2.75, 3.05) is 5.73 Å². The van der Waals surface area contributed by atoms with Gasteiger partial charge in [0.2, 0.25) is 0 Å². The van der Waals surface area contributed by atoms with E-state index >= 15 is 0 Å². The molecule has 19 heavy (non-hydrogen) atoms. The van der Waals surface area contributed by atoms with Crippen molar-refractivity contribution in [1.82, 2.24) is 4.98 Å². The topological polar surface area (TPSA) is 59.1 Å². The number of rotatable bonds is 2. The Labute approximate surface area is 115 Å². The molecular formula is C11H8ClF3N2OS. The summed E-state index contributed by atoms with van der Waals surface area (Å²) >= 11 is 6.09. The molecule has 0 fully saturated rings. The molecule has 1 atom stereocenters. The fourth-order valence-electron chi connectivity index (χ4n) is 1.49. The first-order chi connectivity index (χ1) is 8.79. The molecule has 0 bridgehead atoms. The lowest BCUT2D eigenvalue weighted by Crippen LogP contribution is -2.03. The van der Waals surface area contributed by atoms with E-state index in [9.17, 15) is 18.3 Å². The van der Waals surface area contributed by atoms with Gasteiger partial charge in [-0.2, -0.15) is 13.2 Å². The van der Waals surface area contributed by atoms with Crippen molar-refractivity contribution >= 4 is 28.6 Å². The van der Waals surface area contributed by atoms with E-state index in [2.05, 4.69) is 4.98 Å². The Kier molecular flexibility index (Phi) is 3.71. The molecule has 0 aliphatic carbocycles. The summed E-state index contributed by atoms with van der Waals surface area (Å²) in [7, 11) is 0. The Morgan fingerprint density at radius 1 is 1.37 bits per heavy atom. The lowest BCUT2D eigenvalue weighted by atomic mass is 10.1. The number of hydrogen-bond acceptors (Lipinski definition) is 4. The number of alkyl halides is 3. The minimum atomic E-state index is -4.52. The number of nitrogens with two attached hydrogens (primary N) is 1. The molecule has 0 aliphatic heterocycles. The zero-order chi connectivity index (χ0) is 14.2. The van der Waals surface area contributed by atoms with Gasteiger partial charge in [-0.3, -0.25) is 0 Å². The number of thiazole rings is 1. The second-order valence-corrected chi connectivity index (χ2v) is 5.24. The molecule has 1 unspecified atom stereocenters. The summed E-state index contributed by atoms with van der Waals surface area (Å²) in [5.41, 5.74) is 6.17. The van der Waals surface area contributed by atoms with Gasteiger partial charge < -0.3 is 10.8 Å². The molecule has 2 aromatic rings. The zero-order valence-corrected chi connectivity index (χ0v) is 10.9. The first kappa shape index (κ1) is 14.1. The van der Waals surface area contributed by atoms with Gasteiger partial charge in [-0.15, -0.1) is 11.3 Å². The highest BCUT2D eigenvalue weighted by atomic mass is 35.5. The number of nitrogen functional groups attached to an aromatic ring is 1. The van der Waals surface area contributed by atoms with Crippen LogP contribution in [-0.4, -0.2) is 10.1 Å². The predicted molar refractivity (Wildman–Crippen MR) is 67.0 cm³/mol. The maximum Gasteiger partial charge on any atom is 0.443 e. The molecular weight excluding hydrogens is 301 g/mol. The molecule has 1 heterocycles. The summed E-state index contributed by atoms with van der Waals surface area (Å²) in [5, 5.41) is 9.40. The molecule has 0 aliphatic rings. The highest BCUT2D eigenvalue weighted by molar-refractivity contribution is 7.11. The van der Waals surface area contributed by atoms with Crippen molar-refractivity contribution in [3.05, 3.63) is 44.9 Å². The largest absolute Gasteiger partial charge is 0.443 e. The Balaban J connectivity index is 2.34. The van der Waals surface area contributed by atoms with Crippen molar-refractivity contribution < 1.29 is 18.3 Å². The SMILES string of the molecule is Nc1cc(Cl)ccc1C(O)c1cnc(C(F)(F)F)s1. The normalized spacial score (nSPS) is 13.5. The number of anilines is 1. The number of nitrogens with zero attached hydrogens (tertiary/aromatic N) is 1. The average Bonchev–Trinajstić information content (AvgIpc) is 2.76. The van der Waals surface area contributed by atoms with Gasteiger partial charge >= 0.3 is 6.18 Å². The van der Waals surface area contributed by atoms with Gasteiger partial charge in [0.1, 0.15) is 6.10 Å². The van der Waals surface area contributed by atoms with Gasteiger partial charge in [-0.25, -0.2) is 4.98 Å². The quantitative estimate of drug-likeness (QED) is 0.835. The average molecular weight is 309 g/mol.